The number of benzene rings is 2. The second kappa shape index (κ2) is 4.20. The lowest BCUT2D eigenvalue weighted by molar-refractivity contribution is 1.01. The molecular formula is C18H14N2. The minimum absolute atomic E-state index is 1.17. The summed E-state index contributed by atoms with van der Waals surface area (Å²) in [6.07, 6.45) is 3.79. The van der Waals surface area contributed by atoms with Gasteiger partial charge in [-0.15, -0.1) is 0 Å². The number of hydrogen-bond donors (Lipinski definition) is 0. The average Bonchev–Trinajstić information content (AvgIpc) is 2.81. The number of rotatable bonds is 1. The van der Waals surface area contributed by atoms with Crippen molar-refractivity contribution in [3.05, 3.63) is 67.0 Å². The zero-order chi connectivity index (χ0) is 13.5. The quantitative estimate of drug-likeness (QED) is 0.495. The van der Waals surface area contributed by atoms with Crippen molar-refractivity contribution in [1.29, 1.82) is 0 Å². The first-order valence-electron chi connectivity index (χ1n) is 6.72. The Balaban J connectivity index is 2.07. The predicted octanol–water partition coefficient (Wildman–Crippen LogP) is 4.39. The fourth-order valence-corrected chi connectivity index (χ4v) is 2.87. The maximum absolute atomic E-state index is 4.23. The minimum atomic E-state index is 1.17. The first-order chi connectivity index (χ1) is 9.84. The van der Waals surface area contributed by atoms with Crippen LogP contribution in [0.15, 0.2) is 67.0 Å². The van der Waals surface area contributed by atoms with Crippen molar-refractivity contribution in [2.24, 2.45) is 7.05 Å². The van der Waals surface area contributed by atoms with Crippen LogP contribution in [-0.4, -0.2) is 9.55 Å². The summed E-state index contributed by atoms with van der Waals surface area (Å²) in [6, 6.07) is 19.2. The van der Waals surface area contributed by atoms with Gasteiger partial charge in [-0.2, -0.15) is 0 Å². The molecule has 0 N–H and O–H groups in total. The molecule has 2 heteroatoms. The van der Waals surface area contributed by atoms with Crippen LogP contribution >= 0.6 is 0 Å². The van der Waals surface area contributed by atoms with E-state index in [0.29, 0.717) is 0 Å². The van der Waals surface area contributed by atoms with Gasteiger partial charge in [-0.25, -0.2) is 0 Å². The topological polar surface area (TPSA) is 17.8 Å². The third-order valence-corrected chi connectivity index (χ3v) is 3.92. The van der Waals surface area contributed by atoms with E-state index in [-0.39, 0.29) is 0 Å². The van der Waals surface area contributed by atoms with E-state index in [1.54, 1.807) is 0 Å². The van der Waals surface area contributed by atoms with E-state index in [1.165, 1.54) is 32.9 Å². The summed E-state index contributed by atoms with van der Waals surface area (Å²) in [7, 11) is 2.09. The molecule has 0 aliphatic rings. The van der Waals surface area contributed by atoms with Gasteiger partial charge in [0.05, 0.1) is 11.7 Å². The SMILES string of the molecule is Cn1c2ccc(-c3ccccc3)cc2c2ccncc21. The van der Waals surface area contributed by atoms with Crippen molar-refractivity contribution in [3.8, 4) is 11.1 Å². The van der Waals surface area contributed by atoms with Crippen LogP contribution in [0.5, 0.6) is 0 Å². The van der Waals surface area contributed by atoms with E-state index >= 15 is 0 Å². The molecule has 0 amide bonds. The molecule has 0 aliphatic heterocycles. The average molecular weight is 258 g/mol. The Hall–Kier alpha value is -2.61. The molecular weight excluding hydrogens is 244 g/mol. The molecule has 0 saturated carbocycles. The van der Waals surface area contributed by atoms with E-state index in [4.69, 9.17) is 0 Å². The molecule has 0 aliphatic carbocycles. The first-order valence-corrected chi connectivity index (χ1v) is 6.72. The van der Waals surface area contributed by atoms with Crippen LogP contribution in [0.1, 0.15) is 0 Å². The van der Waals surface area contributed by atoms with Crippen LogP contribution < -0.4 is 0 Å². The van der Waals surface area contributed by atoms with Crippen molar-refractivity contribution in [3.63, 3.8) is 0 Å². The van der Waals surface area contributed by atoms with Crippen LogP contribution in [0.25, 0.3) is 32.9 Å². The molecule has 0 saturated heterocycles. The maximum atomic E-state index is 4.23. The number of fused-ring (bicyclic) bond motifs is 3. The zero-order valence-corrected chi connectivity index (χ0v) is 11.2. The van der Waals surface area contributed by atoms with E-state index in [2.05, 4.69) is 65.1 Å². The van der Waals surface area contributed by atoms with Crippen molar-refractivity contribution < 1.29 is 0 Å². The molecule has 96 valence electrons. The largest absolute Gasteiger partial charge is 0.342 e. The molecule has 4 rings (SSSR count). The second-order valence-corrected chi connectivity index (χ2v) is 5.05. The van der Waals surface area contributed by atoms with Gasteiger partial charge in [-0.1, -0.05) is 36.4 Å². The minimum Gasteiger partial charge on any atom is -0.342 e. The number of pyridine rings is 1. The van der Waals surface area contributed by atoms with Crippen LogP contribution in [0.4, 0.5) is 0 Å². The summed E-state index contributed by atoms with van der Waals surface area (Å²) in [5.41, 5.74) is 4.92. The van der Waals surface area contributed by atoms with Gasteiger partial charge in [0.2, 0.25) is 0 Å². The van der Waals surface area contributed by atoms with Crippen LogP contribution in [0.3, 0.4) is 0 Å². The van der Waals surface area contributed by atoms with Gasteiger partial charge in [0, 0.05) is 29.5 Å². The summed E-state index contributed by atoms with van der Waals surface area (Å²) in [4.78, 5) is 4.23. The van der Waals surface area contributed by atoms with Crippen molar-refractivity contribution in [2.75, 3.05) is 0 Å². The molecule has 2 heterocycles. The highest BCUT2D eigenvalue weighted by Crippen LogP contribution is 2.31. The van der Waals surface area contributed by atoms with Gasteiger partial charge in [-0.05, 0) is 29.3 Å². The Morgan fingerprint density at radius 1 is 0.800 bits per heavy atom. The zero-order valence-electron chi connectivity index (χ0n) is 11.2. The monoisotopic (exact) mass is 258 g/mol. The summed E-state index contributed by atoms with van der Waals surface area (Å²) < 4.78 is 2.20. The molecule has 2 aromatic heterocycles. The first kappa shape index (κ1) is 11.2. The molecule has 0 radical (unpaired) electrons. The van der Waals surface area contributed by atoms with Crippen LogP contribution in [0, 0.1) is 0 Å². The smallest absolute Gasteiger partial charge is 0.0675 e. The lowest BCUT2D eigenvalue weighted by Gasteiger charge is -2.02. The highest BCUT2D eigenvalue weighted by molar-refractivity contribution is 6.08. The van der Waals surface area contributed by atoms with Crippen molar-refractivity contribution in [1.82, 2.24) is 9.55 Å². The fraction of sp³-hybridized carbons (Fsp3) is 0.0556. The molecule has 0 atom stereocenters. The predicted molar refractivity (Wildman–Crippen MR) is 83.7 cm³/mol. The Morgan fingerprint density at radius 3 is 2.50 bits per heavy atom. The number of aryl methyl sites for hydroxylation is 1. The molecule has 20 heavy (non-hydrogen) atoms. The van der Waals surface area contributed by atoms with Gasteiger partial charge in [0.15, 0.2) is 0 Å². The van der Waals surface area contributed by atoms with Crippen molar-refractivity contribution in [2.45, 2.75) is 0 Å². The molecule has 2 aromatic carbocycles. The van der Waals surface area contributed by atoms with E-state index < -0.39 is 0 Å². The van der Waals surface area contributed by atoms with Crippen LogP contribution in [0.2, 0.25) is 0 Å². The van der Waals surface area contributed by atoms with Crippen LogP contribution in [-0.2, 0) is 7.05 Å². The third-order valence-electron chi connectivity index (χ3n) is 3.92. The molecule has 0 fully saturated rings. The van der Waals surface area contributed by atoms with Gasteiger partial charge < -0.3 is 4.57 Å². The molecule has 2 nitrogen and oxygen atoms in total. The Morgan fingerprint density at radius 2 is 1.65 bits per heavy atom. The number of nitrogens with zero attached hydrogens (tertiary/aromatic N) is 2. The van der Waals surface area contributed by atoms with Gasteiger partial charge >= 0.3 is 0 Å². The summed E-state index contributed by atoms with van der Waals surface area (Å²) in [5.74, 6) is 0. The standard InChI is InChI=1S/C18H14N2/c1-20-17-8-7-14(13-5-3-2-4-6-13)11-16(17)15-9-10-19-12-18(15)20/h2-12H,1H3. The third kappa shape index (κ3) is 1.55. The van der Waals surface area contributed by atoms with E-state index in [9.17, 15) is 0 Å². The van der Waals surface area contributed by atoms with Gasteiger partial charge in [0.25, 0.3) is 0 Å². The van der Waals surface area contributed by atoms with E-state index in [1.807, 2.05) is 18.5 Å². The molecule has 0 spiro atoms. The second-order valence-electron chi connectivity index (χ2n) is 5.05. The summed E-state index contributed by atoms with van der Waals surface area (Å²) >= 11 is 0. The highest BCUT2D eigenvalue weighted by Gasteiger charge is 2.08. The van der Waals surface area contributed by atoms with E-state index in [0.717, 1.165) is 0 Å². The molecule has 0 bridgehead atoms. The normalized spacial score (nSPS) is 11.2. The fourth-order valence-electron chi connectivity index (χ4n) is 2.87. The van der Waals surface area contributed by atoms with Gasteiger partial charge in [-0.3, -0.25) is 4.98 Å². The maximum Gasteiger partial charge on any atom is 0.0675 e. The number of hydrogen-bond acceptors (Lipinski definition) is 1. The number of aromatic nitrogens is 2. The molecule has 0 unspecified atom stereocenters. The Bertz CT molecular complexity index is 905. The summed E-state index contributed by atoms with van der Waals surface area (Å²) in [6.45, 7) is 0. The van der Waals surface area contributed by atoms with Crippen molar-refractivity contribution >= 4 is 21.8 Å². The lowest BCUT2D eigenvalue weighted by Crippen LogP contribution is -1.86. The lowest BCUT2D eigenvalue weighted by atomic mass is 10.0. The van der Waals surface area contributed by atoms with Gasteiger partial charge in [0.1, 0.15) is 0 Å². The molecule has 4 aromatic rings. The summed E-state index contributed by atoms with van der Waals surface area (Å²) in [5, 5.41) is 2.54. The highest BCUT2D eigenvalue weighted by atomic mass is 14.9. The Kier molecular flexibility index (Phi) is 2.36. The Labute approximate surface area is 117 Å².